The molecule has 1 unspecified atom stereocenters. The van der Waals surface area contributed by atoms with Crippen molar-refractivity contribution in [1.29, 1.82) is 0 Å². The van der Waals surface area contributed by atoms with Crippen LogP contribution in [0.4, 0.5) is 0 Å². The summed E-state index contributed by atoms with van der Waals surface area (Å²) in [6.07, 6.45) is 9.01. The first-order valence-corrected chi connectivity index (χ1v) is 5.31. The first-order chi connectivity index (χ1) is 6.83. The molecule has 1 atom stereocenters. The molecule has 1 aromatic rings. The summed E-state index contributed by atoms with van der Waals surface area (Å²) < 4.78 is 0. The molecule has 0 aliphatic rings. The van der Waals surface area contributed by atoms with Gasteiger partial charge >= 0.3 is 0 Å². The highest BCUT2D eigenvalue weighted by atomic mass is 14.9. The molecule has 0 saturated carbocycles. The number of unbranched alkanes of at least 4 members (excludes halogenated alkanes) is 1. The molecule has 0 spiro atoms. The van der Waals surface area contributed by atoms with E-state index >= 15 is 0 Å². The van der Waals surface area contributed by atoms with Gasteiger partial charge in [0.15, 0.2) is 0 Å². The fourth-order valence-corrected chi connectivity index (χ4v) is 1.31. The lowest BCUT2D eigenvalue weighted by molar-refractivity contribution is 0.491. The number of hydrogen-bond acceptors (Lipinski definition) is 3. The minimum atomic E-state index is 0.567. The van der Waals surface area contributed by atoms with Crippen LogP contribution in [0, 0.1) is 0 Å². The van der Waals surface area contributed by atoms with E-state index in [2.05, 4.69) is 29.1 Å². The molecule has 1 aromatic heterocycles. The molecule has 0 aromatic carbocycles. The van der Waals surface area contributed by atoms with Gasteiger partial charge in [0.2, 0.25) is 0 Å². The molecule has 0 aliphatic heterocycles. The molecule has 3 heteroatoms. The number of nitrogens with one attached hydrogen (secondary N) is 1. The van der Waals surface area contributed by atoms with E-state index in [0.717, 1.165) is 12.2 Å². The van der Waals surface area contributed by atoms with Crippen molar-refractivity contribution < 1.29 is 0 Å². The monoisotopic (exact) mass is 193 g/mol. The molecule has 0 saturated heterocycles. The molecule has 0 bridgehead atoms. The predicted octanol–water partition coefficient (Wildman–Crippen LogP) is 2.14. The summed E-state index contributed by atoms with van der Waals surface area (Å²) in [5.41, 5.74) is 1.01. The zero-order valence-electron chi connectivity index (χ0n) is 9.03. The van der Waals surface area contributed by atoms with E-state index in [1.165, 1.54) is 19.3 Å². The van der Waals surface area contributed by atoms with Crippen LogP contribution in [0.25, 0.3) is 0 Å². The normalized spacial score (nSPS) is 12.7. The lowest BCUT2D eigenvalue weighted by atomic mass is 10.1. The van der Waals surface area contributed by atoms with Crippen molar-refractivity contribution in [2.24, 2.45) is 0 Å². The fraction of sp³-hybridized carbons (Fsp3) is 0.636. The maximum Gasteiger partial charge on any atom is 0.0724 e. The largest absolute Gasteiger partial charge is 0.309 e. The van der Waals surface area contributed by atoms with E-state index in [-0.39, 0.29) is 0 Å². The van der Waals surface area contributed by atoms with Crippen molar-refractivity contribution >= 4 is 0 Å². The Labute approximate surface area is 86.0 Å². The number of aromatic nitrogens is 2. The minimum Gasteiger partial charge on any atom is -0.309 e. The predicted molar refractivity (Wildman–Crippen MR) is 57.9 cm³/mol. The molecule has 3 nitrogen and oxygen atoms in total. The maximum atomic E-state index is 4.21. The van der Waals surface area contributed by atoms with Gasteiger partial charge in [0.1, 0.15) is 0 Å². The molecule has 0 fully saturated rings. The molecular formula is C11H19N3. The average molecular weight is 193 g/mol. The van der Waals surface area contributed by atoms with Crippen LogP contribution in [0.1, 0.15) is 38.8 Å². The summed E-state index contributed by atoms with van der Waals surface area (Å²) in [7, 11) is 0. The first kappa shape index (κ1) is 11.1. The molecule has 78 valence electrons. The van der Waals surface area contributed by atoms with Crippen LogP contribution in [0.5, 0.6) is 0 Å². The van der Waals surface area contributed by atoms with Crippen molar-refractivity contribution in [3.63, 3.8) is 0 Å². The van der Waals surface area contributed by atoms with Gasteiger partial charge in [-0.15, -0.1) is 0 Å². The molecule has 0 amide bonds. The van der Waals surface area contributed by atoms with E-state index in [9.17, 15) is 0 Å². The summed E-state index contributed by atoms with van der Waals surface area (Å²) in [4.78, 5) is 8.23. The Hall–Kier alpha value is -0.960. The highest BCUT2D eigenvalue weighted by Crippen LogP contribution is 2.00. The number of nitrogens with zero attached hydrogens (tertiary/aromatic N) is 2. The van der Waals surface area contributed by atoms with E-state index in [0.29, 0.717) is 6.04 Å². The van der Waals surface area contributed by atoms with Gasteiger partial charge in [-0.3, -0.25) is 9.97 Å². The Balaban J connectivity index is 2.20. The van der Waals surface area contributed by atoms with E-state index < -0.39 is 0 Å². The highest BCUT2D eigenvalue weighted by Gasteiger charge is 2.00. The van der Waals surface area contributed by atoms with Crippen molar-refractivity contribution in [1.82, 2.24) is 15.3 Å². The molecule has 1 heterocycles. The summed E-state index contributed by atoms with van der Waals surface area (Å²) in [5, 5.41) is 3.43. The maximum absolute atomic E-state index is 4.21. The second-order valence-corrected chi connectivity index (χ2v) is 3.62. The Kier molecular flexibility index (Phi) is 5.15. The van der Waals surface area contributed by atoms with Crippen molar-refractivity contribution in [3.8, 4) is 0 Å². The van der Waals surface area contributed by atoms with Gasteiger partial charge in [0.05, 0.1) is 5.69 Å². The minimum absolute atomic E-state index is 0.567. The number of rotatable bonds is 6. The molecule has 14 heavy (non-hydrogen) atoms. The second-order valence-electron chi connectivity index (χ2n) is 3.62. The molecular weight excluding hydrogens is 174 g/mol. The quantitative estimate of drug-likeness (QED) is 0.752. The standard InChI is InChI=1S/C11H19N3/c1-3-4-5-10(2)14-9-11-8-12-6-7-13-11/h6-8,10,14H,3-5,9H2,1-2H3. The van der Waals surface area contributed by atoms with Gasteiger partial charge in [-0.2, -0.15) is 0 Å². The third-order valence-electron chi connectivity index (χ3n) is 2.24. The Morgan fingerprint density at radius 3 is 2.93 bits per heavy atom. The summed E-state index contributed by atoms with van der Waals surface area (Å²) in [6.45, 7) is 5.25. The third-order valence-corrected chi connectivity index (χ3v) is 2.24. The third kappa shape index (κ3) is 4.33. The lowest BCUT2D eigenvalue weighted by Gasteiger charge is -2.12. The Morgan fingerprint density at radius 1 is 1.43 bits per heavy atom. The SMILES string of the molecule is CCCCC(C)NCc1cnccn1. The Morgan fingerprint density at radius 2 is 2.29 bits per heavy atom. The average Bonchev–Trinajstić information content (AvgIpc) is 2.25. The molecule has 0 radical (unpaired) electrons. The van der Waals surface area contributed by atoms with E-state index in [1.807, 2.05) is 0 Å². The first-order valence-electron chi connectivity index (χ1n) is 5.31. The van der Waals surface area contributed by atoms with Crippen molar-refractivity contribution in [2.75, 3.05) is 0 Å². The van der Waals surface area contributed by atoms with Gasteiger partial charge in [-0.1, -0.05) is 19.8 Å². The van der Waals surface area contributed by atoms with E-state index in [1.54, 1.807) is 18.6 Å². The van der Waals surface area contributed by atoms with Gasteiger partial charge in [0, 0.05) is 31.2 Å². The van der Waals surface area contributed by atoms with Crippen molar-refractivity contribution in [3.05, 3.63) is 24.3 Å². The van der Waals surface area contributed by atoms with Crippen LogP contribution in [-0.2, 0) is 6.54 Å². The number of hydrogen-bond donors (Lipinski definition) is 1. The zero-order chi connectivity index (χ0) is 10.2. The van der Waals surface area contributed by atoms with Crippen molar-refractivity contribution in [2.45, 2.75) is 45.7 Å². The Bertz CT molecular complexity index is 236. The smallest absolute Gasteiger partial charge is 0.0724 e. The zero-order valence-corrected chi connectivity index (χ0v) is 9.03. The van der Waals surface area contributed by atoms with Gasteiger partial charge in [0.25, 0.3) is 0 Å². The van der Waals surface area contributed by atoms with Gasteiger partial charge in [-0.25, -0.2) is 0 Å². The highest BCUT2D eigenvalue weighted by molar-refractivity contribution is 4.93. The van der Waals surface area contributed by atoms with E-state index in [4.69, 9.17) is 0 Å². The van der Waals surface area contributed by atoms with Crippen LogP contribution < -0.4 is 5.32 Å². The van der Waals surface area contributed by atoms with Gasteiger partial charge < -0.3 is 5.32 Å². The van der Waals surface area contributed by atoms with Crippen LogP contribution >= 0.6 is 0 Å². The lowest BCUT2D eigenvalue weighted by Crippen LogP contribution is -2.25. The summed E-state index contributed by atoms with van der Waals surface area (Å²) >= 11 is 0. The fourth-order valence-electron chi connectivity index (χ4n) is 1.31. The molecule has 1 N–H and O–H groups in total. The second kappa shape index (κ2) is 6.49. The van der Waals surface area contributed by atoms with Crippen LogP contribution in [-0.4, -0.2) is 16.0 Å². The molecule has 1 rings (SSSR count). The van der Waals surface area contributed by atoms with Crippen LogP contribution in [0.15, 0.2) is 18.6 Å². The topological polar surface area (TPSA) is 37.8 Å². The summed E-state index contributed by atoms with van der Waals surface area (Å²) in [5.74, 6) is 0. The van der Waals surface area contributed by atoms with Crippen LogP contribution in [0.2, 0.25) is 0 Å². The summed E-state index contributed by atoms with van der Waals surface area (Å²) in [6, 6.07) is 0.567. The van der Waals surface area contributed by atoms with Gasteiger partial charge in [-0.05, 0) is 13.3 Å². The molecule has 0 aliphatic carbocycles. The van der Waals surface area contributed by atoms with Crippen LogP contribution in [0.3, 0.4) is 0 Å².